The summed E-state index contributed by atoms with van der Waals surface area (Å²) < 4.78 is 4.29. The molecule has 0 bridgehead atoms. The molecular weight excluding hydrogens is 196 g/mol. The van der Waals surface area contributed by atoms with Crippen molar-refractivity contribution in [3.8, 4) is 0 Å². The molecule has 0 saturated carbocycles. The molecule has 1 atom stereocenters. The summed E-state index contributed by atoms with van der Waals surface area (Å²) >= 11 is 0. The van der Waals surface area contributed by atoms with Gasteiger partial charge in [-0.1, -0.05) is 0 Å². The molecular formula is C11H25B2N3. The van der Waals surface area contributed by atoms with Crippen molar-refractivity contribution in [1.29, 1.82) is 0 Å². The molecule has 0 fully saturated rings. The second kappa shape index (κ2) is 4.91. The van der Waals surface area contributed by atoms with Crippen LogP contribution >= 0.6 is 0 Å². The predicted octanol–water partition coefficient (Wildman–Crippen LogP) is -2.15. The molecule has 0 radical (unpaired) electrons. The van der Waals surface area contributed by atoms with Gasteiger partial charge in [0.1, 0.15) is 20.4 Å². The van der Waals surface area contributed by atoms with E-state index in [4.69, 9.17) is 0 Å². The molecule has 0 amide bonds. The van der Waals surface area contributed by atoms with Crippen molar-refractivity contribution < 1.29 is 9.20 Å². The van der Waals surface area contributed by atoms with E-state index < -0.39 is 0 Å². The molecule has 1 aromatic heterocycles. The minimum absolute atomic E-state index is 0.0744. The molecule has 3 nitrogen and oxygen atoms in total. The average Bonchev–Trinajstić information content (AvgIpc) is 2.17. The van der Waals surface area contributed by atoms with Crippen molar-refractivity contribution in [3.63, 3.8) is 0 Å². The van der Waals surface area contributed by atoms with Crippen LogP contribution in [0.15, 0.2) is 24.5 Å². The number of nitrogens with one attached hydrogen (secondary N) is 1. The highest BCUT2D eigenvalue weighted by atomic mass is 15.1. The van der Waals surface area contributed by atoms with Gasteiger partial charge in [0.15, 0.2) is 0 Å². The van der Waals surface area contributed by atoms with Crippen molar-refractivity contribution in [2.24, 2.45) is 0 Å². The first-order valence-electron chi connectivity index (χ1n) is 5.58. The molecule has 1 N–H and O–H groups in total. The molecule has 0 saturated heterocycles. The van der Waals surface area contributed by atoms with E-state index in [2.05, 4.69) is 68.8 Å². The van der Waals surface area contributed by atoms with Crippen LogP contribution < -0.4 is 14.1 Å². The third-order valence-electron chi connectivity index (χ3n) is 2.60. The van der Waals surface area contributed by atoms with Crippen molar-refractivity contribution in [2.45, 2.75) is 26.3 Å². The number of quaternary nitrogens is 1. The molecule has 0 aliphatic rings. The summed E-state index contributed by atoms with van der Waals surface area (Å²) in [5.74, 6) is 0. The Morgan fingerprint density at radius 3 is 2.12 bits per heavy atom. The average molecular weight is 221 g/mol. The minimum atomic E-state index is -0.0744. The highest BCUT2D eigenvalue weighted by Gasteiger charge is 2.14. The van der Waals surface area contributed by atoms with Crippen LogP contribution in [0.5, 0.6) is 0 Å². The third-order valence-corrected chi connectivity index (χ3v) is 2.60. The first-order valence-corrected chi connectivity index (χ1v) is 5.58. The Bertz CT molecular complexity index is 330. The van der Waals surface area contributed by atoms with E-state index in [9.17, 15) is 0 Å². The van der Waals surface area contributed by atoms with E-state index in [1.54, 1.807) is 0 Å². The van der Waals surface area contributed by atoms with Crippen molar-refractivity contribution in [3.05, 3.63) is 24.5 Å². The Balaban J connectivity index is 2.69. The third kappa shape index (κ3) is 3.56. The number of hydrogen-bond acceptors (Lipinski definition) is 1. The fourth-order valence-corrected chi connectivity index (χ4v) is 1.40. The Hall–Kier alpha value is -0.960. The van der Waals surface area contributed by atoms with Crippen molar-refractivity contribution in [2.75, 3.05) is 19.0 Å². The number of nitrogens with zero attached hydrogens (tertiary/aromatic N) is 2. The fourth-order valence-electron chi connectivity index (χ4n) is 1.40. The quantitative estimate of drug-likeness (QED) is 0.573. The van der Waals surface area contributed by atoms with Gasteiger partial charge in [-0.25, -0.2) is 0 Å². The summed E-state index contributed by atoms with van der Waals surface area (Å²) in [7, 11) is 4.46. The second-order valence-corrected chi connectivity index (χ2v) is 5.34. The van der Waals surface area contributed by atoms with Gasteiger partial charge in [-0.05, 0) is 20.8 Å². The SMILES string of the molecule is [BH3-][NH+]([BH2-][n+]1ccc(N(C)C)cc1)C(C)(C)C. The molecule has 1 aromatic rings. The molecule has 1 unspecified atom stereocenters. The van der Waals surface area contributed by atoms with Gasteiger partial charge in [-0.3, -0.25) is 0 Å². The van der Waals surface area contributed by atoms with Gasteiger partial charge < -0.3 is 14.1 Å². The molecule has 90 valence electrons. The van der Waals surface area contributed by atoms with Gasteiger partial charge in [-0.2, -0.15) is 0 Å². The number of anilines is 1. The van der Waals surface area contributed by atoms with Gasteiger partial charge in [0.05, 0.1) is 0 Å². The Morgan fingerprint density at radius 1 is 1.25 bits per heavy atom. The molecule has 1 rings (SSSR count). The zero-order chi connectivity index (χ0) is 12.3. The number of rotatable bonds is 3. The van der Waals surface area contributed by atoms with Crippen LogP contribution in [0.4, 0.5) is 5.69 Å². The van der Waals surface area contributed by atoms with Crippen LogP contribution in [0.3, 0.4) is 0 Å². The minimum Gasteiger partial charge on any atom is -0.676 e. The smallest absolute Gasteiger partial charge is 0.414 e. The lowest BCUT2D eigenvalue weighted by atomic mass is 9.89. The summed E-state index contributed by atoms with van der Waals surface area (Å²) in [4.78, 5) is 2.15. The van der Waals surface area contributed by atoms with E-state index >= 15 is 0 Å². The zero-order valence-electron chi connectivity index (χ0n) is 10.7. The van der Waals surface area contributed by atoms with E-state index in [0.717, 1.165) is 0 Å². The van der Waals surface area contributed by atoms with Crippen LogP contribution in [0.2, 0.25) is 0 Å². The molecule has 0 aliphatic heterocycles. The lowest BCUT2D eigenvalue weighted by molar-refractivity contribution is -0.774. The maximum Gasteiger partial charge on any atom is 0.414 e. The molecule has 0 aromatic carbocycles. The maximum atomic E-state index is 2.42. The Labute approximate surface area is 101 Å². The van der Waals surface area contributed by atoms with Gasteiger partial charge in [-0.15, -0.1) is 0 Å². The van der Waals surface area contributed by atoms with Crippen molar-refractivity contribution >= 4 is 21.2 Å². The largest absolute Gasteiger partial charge is 0.676 e. The fraction of sp³-hybridized carbons (Fsp3) is 0.545. The normalized spacial score (nSPS) is 13.6. The Morgan fingerprint density at radius 2 is 1.75 bits per heavy atom. The topological polar surface area (TPSA) is 11.6 Å². The van der Waals surface area contributed by atoms with Crippen molar-refractivity contribution in [1.82, 2.24) is 0 Å². The molecule has 0 spiro atoms. The first kappa shape index (κ1) is 13.1. The van der Waals surface area contributed by atoms with E-state index in [0.29, 0.717) is 13.5 Å². The molecule has 0 aliphatic carbocycles. The van der Waals surface area contributed by atoms with Gasteiger partial charge >= 0.3 is 7.55 Å². The van der Waals surface area contributed by atoms with Crippen LogP contribution in [-0.2, 0) is 0 Å². The number of pyridine rings is 1. The van der Waals surface area contributed by atoms with Gasteiger partial charge in [0.2, 0.25) is 0 Å². The summed E-state index contributed by atoms with van der Waals surface area (Å²) in [5, 5.41) is 0. The lowest BCUT2D eigenvalue weighted by Gasteiger charge is -2.40. The summed E-state index contributed by atoms with van der Waals surface area (Å²) in [6.07, 6.45) is 4.48. The zero-order valence-corrected chi connectivity index (χ0v) is 10.7. The molecule has 16 heavy (non-hydrogen) atoms. The summed E-state index contributed by atoms with van der Waals surface area (Å²) in [6, 6.07) is 4.42. The Kier molecular flexibility index (Phi) is 4.03. The number of aromatic nitrogens is 1. The maximum absolute atomic E-state index is 2.42. The van der Waals surface area contributed by atoms with Crippen LogP contribution in [0, 0.1) is 0 Å². The monoisotopic (exact) mass is 221 g/mol. The molecule has 1 heterocycles. The van der Waals surface area contributed by atoms with E-state index in [1.165, 1.54) is 5.69 Å². The van der Waals surface area contributed by atoms with E-state index in [1.807, 2.05) is 4.72 Å². The first-order chi connectivity index (χ1) is 7.30. The predicted molar refractivity (Wildman–Crippen MR) is 75.6 cm³/mol. The van der Waals surface area contributed by atoms with E-state index in [-0.39, 0.29) is 7.55 Å². The van der Waals surface area contributed by atoms with Gasteiger partial charge in [0, 0.05) is 37.5 Å². The standard InChI is InChI=1S/C11H25B2N3/c1-11(2,3)16(12)13-15-8-6-10(7-9-15)14(4)5/h6-9,16H,13H2,1-5,12H3. The second-order valence-electron chi connectivity index (χ2n) is 5.34. The van der Waals surface area contributed by atoms with Crippen LogP contribution in [-0.4, -0.2) is 35.2 Å². The van der Waals surface area contributed by atoms with Gasteiger partial charge in [0.25, 0.3) is 0 Å². The summed E-state index contributed by atoms with van der Waals surface area (Å²) in [6.45, 7) is 7.06. The summed E-state index contributed by atoms with van der Waals surface area (Å²) in [5.41, 5.74) is 1.73. The number of hydrogen-bond donors (Lipinski definition) is 1. The van der Waals surface area contributed by atoms with Crippen LogP contribution in [0.1, 0.15) is 20.8 Å². The molecule has 5 heteroatoms. The highest BCUT2D eigenvalue weighted by molar-refractivity contribution is 6.21. The van der Waals surface area contributed by atoms with Crippen LogP contribution in [0.25, 0.3) is 0 Å². The lowest BCUT2D eigenvalue weighted by Crippen LogP contribution is -3.22. The highest BCUT2D eigenvalue weighted by Crippen LogP contribution is 2.05.